The van der Waals surface area contributed by atoms with E-state index in [1.807, 2.05) is 0 Å². The smallest absolute Gasteiger partial charge is 0.00683 e. The summed E-state index contributed by atoms with van der Waals surface area (Å²) in [5.41, 5.74) is 4.04. The zero-order valence-corrected chi connectivity index (χ0v) is 13.0. The molecule has 1 N–H and O–H groups in total. The van der Waals surface area contributed by atoms with Crippen molar-refractivity contribution in [1.82, 2.24) is 5.32 Å². The van der Waals surface area contributed by atoms with Crippen LogP contribution in [0, 0.1) is 5.92 Å². The maximum atomic E-state index is 3.64. The van der Waals surface area contributed by atoms with E-state index in [9.17, 15) is 0 Å². The standard InChI is InChI=1S/C20H25N/c1-15(14-21-20-12-13-20)16(2)17-8-10-19(11-9-17)18-6-4-3-5-7-18/h3-11,15-16,20-21H,12-14H2,1-2H3. The lowest BCUT2D eigenvalue weighted by atomic mass is 9.88. The highest BCUT2D eigenvalue weighted by molar-refractivity contribution is 5.63. The van der Waals surface area contributed by atoms with Gasteiger partial charge in [-0.15, -0.1) is 0 Å². The average Bonchev–Trinajstić information content (AvgIpc) is 3.37. The predicted molar refractivity (Wildman–Crippen MR) is 90.5 cm³/mol. The van der Waals surface area contributed by atoms with Gasteiger partial charge in [0.15, 0.2) is 0 Å². The molecule has 1 fully saturated rings. The Kier molecular flexibility index (Phi) is 4.40. The summed E-state index contributed by atoms with van der Waals surface area (Å²) >= 11 is 0. The van der Waals surface area contributed by atoms with Crippen molar-refractivity contribution in [2.75, 3.05) is 6.54 Å². The molecule has 2 aromatic rings. The largest absolute Gasteiger partial charge is 0.314 e. The third-order valence-corrected chi connectivity index (χ3v) is 4.70. The summed E-state index contributed by atoms with van der Waals surface area (Å²) in [6, 6.07) is 20.5. The molecule has 1 nitrogen and oxygen atoms in total. The quantitative estimate of drug-likeness (QED) is 0.797. The minimum Gasteiger partial charge on any atom is -0.314 e. The second-order valence-electron chi connectivity index (χ2n) is 6.44. The maximum Gasteiger partial charge on any atom is 0.00683 e. The second kappa shape index (κ2) is 6.44. The summed E-state index contributed by atoms with van der Waals surface area (Å²) < 4.78 is 0. The topological polar surface area (TPSA) is 12.0 Å². The number of hydrogen-bond acceptors (Lipinski definition) is 1. The Morgan fingerprint density at radius 1 is 0.905 bits per heavy atom. The van der Waals surface area contributed by atoms with Crippen LogP contribution < -0.4 is 5.32 Å². The minimum absolute atomic E-state index is 0.598. The van der Waals surface area contributed by atoms with Gasteiger partial charge in [0, 0.05) is 6.04 Å². The van der Waals surface area contributed by atoms with E-state index in [0.29, 0.717) is 11.8 Å². The molecule has 2 atom stereocenters. The molecule has 1 heteroatoms. The van der Waals surface area contributed by atoms with Gasteiger partial charge in [-0.25, -0.2) is 0 Å². The summed E-state index contributed by atoms with van der Waals surface area (Å²) in [4.78, 5) is 0. The van der Waals surface area contributed by atoms with Crippen molar-refractivity contribution >= 4 is 0 Å². The average molecular weight is 279 g/mol. The number of rotatable bonds is 6. The predicted octanol–water partition coefficient (Wildman–Crippen LogP) is 4.85. The molecule has 0 amide bonds. The fourth-order valence-corrected chi connectivity index (χ4v) is 2.76. The van der Waals surface area contributed by atoms with Crippen LogP contribution in [0.15, 0.2) is 54.6 Å². The molecule has 21 heavy (non-hydrogen) atoms. The highest BCUT2D eigenvalue weighted by Gasteiger charge is 2.22. The number of benzene rings is 2. The van der Waals surface area contributed by atoms with E-state index >= 15 is 0 Å². The first-order valence-electron chi connectivity index (χ1n) is 8.13. The van der Waals surface area contributed by atoms with Gasteiger partial charge in [-0.05, 0) is 47.9 Å². The molecule has 1 aliphatic rings. The highest BCUT2D eigenvalue weighted by atomic mass is 14.9. The molecule has 0 aromatic heterocycles. The fraction of sp³-hybridized carbons (Fsp3) is 0.400. The summed E-state index contributed by atoms with van der Waals surface area (Å²) in [6.45, 7) is 5.83. The molecule has 3 rings (SSSR count). The zero-order valence-electron chi connectivity index (χ0n) is 13.0. The van der Waals surface area contributed by atoms with Crippen molar-refractivity contribution in [2.45, 2.75) is 38.6 Å². The molecule has 110 valence electrons. The number of nitrogens with one attached hydrogen (secondary N) is 1. The summed E-state index contributed by atoms with van der Waals surface area (Å²) in [6.07, 6.45) is 2.74. The minimum atomic E-state index is 0.598. The molecule has 0 bridgehead atoms. The Bertz CT molecular complexity index is 554. The molecule has 0 aliphatic heterocycles. The first-order valence-corrected chi connectivity index (χ1v) is 8.13. The highest BCUT2D eigenvalue weighted by Crippen LogP contribution is 2.27. The van der Waals surface area contributed by atoms with Crippen LogP contribution >= 0.6 is 0 Å². The van der Waals surface area contributed by atoms with Crippen LogP contribution in [0.1, 0.15) is 38.2 Å². The van der Waals surface area contributed by atoms with E-state index in [1.54, 1.807) is 0 Å². The molecule has 2 unspecified atom stereocenters. The molecule has 1 aliphatic carbocycles. The van der Waals surface area contributed by atoms with Crippen LogP contribution in [-0.4, -0.2) is 12.6 Å². The lowest BCUT2D eigenvalue weighted by Crippen LogP contribution is -2.26. The van der Waals surface area contributed by atoms with Gasteiger partial charge in [0.2, 0.25) is 0 Å². The van der Waals surface area contributed by atoms with E-state index in [-0.39, 0.29) is 0 Å². The molecule has 0 radical (unpaired) electrons. The lowest BCUT2D eigenvalue weighted by Gasteiger charge is -2.21. The van der Waals surface area contributed by atoms with Crippen molar-refractivity contribution < 1.29 is 0 Å². The lowest BCUT2D eigenvalue weighted by molar-refractivity contribution is 0.446. The Morgan fingerprint density at radius 3 is 2.14 bits per heavy atom. The van der Waals surface area contributed by atoms with Gasteiger partial charge in [-0.2, -0.15) is 0 Å². The van der Waals surface area contributed by atoms with E-state index < -0.39 is 0 Å². The Balaban J connectivity index is 1.65. The van der Waals surface area contributed by atoms with E-state index in [4.69, 9.17) is 0 Å². The molecular weight excluding hydrogens is 254 g/mol. The zero-order chi connectivity index (χ0) is 14.7. The molecule has 0 spiro atoms. The van der Waals surface area contributed by atoms with Gasteiger partial charge in [0.05, 0.1) is 0 Å². The summed E-state index contributed by atoms with van der Waals surface area (Å²) in [5.74, 6) is 1.27. The van der Waals surface area contributed by atoms with Crippen molar-refractivity contribution in [1.29, 1.82) is 0 Å². The van der Waals surface area contributed by atoms with Crippen molar-refractivity contribution in [3.8, 4) is 11.1 Å². The van der Waals surface area contributed by atoms with Crippen molar-refractivity contribution in [3.63, 3.8) is 0 Å². The van der Waals surface area contributed by atoms with Gasteiger partial charge in [-0.3, -0.25) is 0 Å². The van der Waals surface area contributed by atoms with Crippen LogP contribution in [-0.2, 0) is 0 Å². The van der Waals surface area contributed by atoms with Crippen LogP contribution in [0.5, 0.6) is 0 Å². The SMILES string of the molecule is CC(CNC1CC1)C(C)c1ccc(-c2ccccc2)cc1. The van der Waals surface area contributed by atoms with Crippen LogP contribution in [0.4, 0.5) is 0 Å². The number of hydrogen-bond donors (Lipinski definition) is 1. The van der Waals surface area contributed by atoms with Gasteiger partial charge in [0.1, 0.15) is 0 Å². The second-order valence-corrected chi connectivity index (χ2v) is 6.44. The first-order chi connectivity index (χ1) is 10.2. The van der Waals surface area contributed by atoms with Gasteiger partial charge < -0.3 is 5.32 Å². The molecule has 0 heterocycles. The Morgan fingerprint density at radius 2 is 1.52 bits per heavy atom. The first kappa shape index (κ1) is 14.3. The summed E-state index contributed by atoms with van der Waals surface area (Å²) in [5, 5.41) is 3.64. The van der Waals surface area contributed by atoms with E-state index in [2.05, 4.69) is 73.8 Å². The van der Waals surface area contributed by atoms with Gasteiger partial charge in [-0.1, -0.05) is 68.4 Å². The molecule has 1 saturated carbocycles. The third kappa shape index (κ3) is 3.74. The van der Waals surface area contributed by atoms with Gasteiger partial charge >= 0.3 is 0 Å². The molecule has 2 aromatic carbocycles. The van der Waals surface area contributed by atoms with Gasteiger partial charge in [0.25, 0.3) is 0 Å². The normalized spacial score (nSPS) is 17.4. The molecule has 0 saturated heterocycles. The Hall–Kier alpha value is -1.60. The van der Waals surface area contributed by atoms with E-state index in [0.717, 1.165) is 12.6 Å². The van der Waals surface area contributed by atoms with Crippen LogP contribution in [0.2, 0.25) is 0 Å². The van der Waals surface area contributed by atoms with E-state index in [1.165, 1.54) is 29.5 Å². The van der Waals surface area contributed by atoms with Crippen molar-refractivity contribution in [3.05, 3.63) is 60.2 Å². The third-order valence-electron chi connectivity index (χ3n) is 4.70. The summed E-state index contributed by atoms with van der Waals surface area (Å²) in [7, 11) is 0. The van der Waals surface area contributed by atoms with Crippen LogP contribution in [0.3, 0.4) is 0 Å². The fourth-order valence-electron chi connectivity index (χ4n) is 2.76. The maximum absolute atomic E-state index is 3.64. The van der Waals surface area contributed by atoms with Crippen LogP contribution in [0.25, 0.3) is 11.1 Å². The molecular formula is C20H25N. The van der Waals surface area contributed by atoms with Crippen molar-refractivity contribution in [2.24, 2.45) is 5.92 Å². The monoisotopic (exact) mass is 279 g/mol. The Labute approximate surface area is 128 Å².